The Morgan fingerprint density at radius 3 is 2.57 bits per heavy atom. The third-order valence-corrected chi connectivity index (χ3v) is 6.34. The van der Waals surface area contributed by atoms with Crippen LogP contribution in [0.3, 0.4) is 0 Å². The summed E-state index contributed by atoms with van der Waals surface area (Å²) in [4.78, 5) is 36.0. The fraction of sp³-hybridized carbons (Fsp3) is 0.207. The summed E-state index contributed by atoms with van der Waals surface area (Å²) < 4.78 is 5.65. The highest BCUT2D eigenvalue weighted by Gasteiger charge is 2.18. The average molecular weight is 494 g/mol. The van der Waals surface area contributed by atoms with Crippen molar-refractivity contribution in [3.05, 3.63) is 90.3 Å². The van der Waals surface area contributed by atoms with E-state index >= 15 is 0 Å². The first-order chi connectivity index (χ1) is 18.1. The number of carbonyl (C=O) groups is 2. The monoisotopic (exact) mass is 493 g/mol. The number of fused-ring (bicyclic) bond motifs is 1. The topological polar surface area (TPSA) is 96.8 Å². The fourth-order valence-corrected chi connectivity index (χ4v) is 4.28. The van der Waals surface area contributed by atoms with Gasteiger partial charge in [-0.3, -0.25) is 14.6 Å². The van der Waals surface area contributed by atoms with Crippen LogP contribution in [0.25, 0.3) is 22.2 Å². The van der Waals surface area contributed by atoms with Crippen LogP contribution in [0.4, 0.5) is 0 Å². The number of nitrogens with one attached hydrogen (secondary N) is 1. The molecule has 0 saturated carbocycles. The van der Waals surface area contributed by atoms with Crippen molar-refractivity contribution in [2.45, 2.75) is 19.8 Å². The quantitative estimate of drug-likeness (QED) is 0.303. The summed E-state index contributed by atoms with van der Waals surface area (Å²) in [6, 6.07) is 20.3. The predicted octanol–water partition coefficient (Wildman–Crippen LogP) is 4.45. The molecule has 0 radical (unpaired) electrons. The van der Waals surface area contributed by atoms with Crippen molar-refractivity contribution in [1.29, 1.82) is 0 Å². The normalized spacial score (nSPS) is 13.5. The summed E-state index contributed by atoms with van der Waals surface area (Å²) in [5.74, 6) is 0.292. The standard InChI is InChI=1S/C29H27N5O3/c1-20(21-10-12-23(13-11-21)37-19-28(35)34-15-4-5-16-34)32-33-29(36)25-17-27(22-7-6-14-30-18-22)31-26-9-3-2-8-24(25)26/h2-3,6-14,17-18H,4-5,15-16,19H2,1H3,(H,33,36)/b32-20-. The Labute approximate surface area is 215 Å². The minimum Gasteiger partial charge on any atom is -0.484 e. The second-order valence-corrected chi connectivity index (χ2v) is 8.85. The van der Waals surface area contributed by atoms with Crippen molar-refractivity contribution < 1.29 is 14.3 Å². The molecule has 2 aromatic carbocycles. The number of aromatic nitrogens is 2. The molecule has 1 aliphatic rings. The van der Waals surface area contributed by atoms with E-state index in [1.54, 1.807) is 30.6 Å². The van der Waals surface area contributed by atoms with Crippen LogP contribution in [0, 0.1) is 0 Å². The van der Waals surface area contributed by atoms with E-state index < -0.39 is 0 Å². The number of para-hydroxylation sites is 1. The number of nitrogens with zero attached hydrogens (tertiary/aromatic N) is 4. The lowest BCUT2D eigenvalue weighted by molar-refractivity contribution is -0.132. The molecule has 1 saturated heterocycles. The number of ether oxygens (including phenoxy) is 1. The van der Waals surface area contributed by atoms with Gasteiger partial charge in [-0.25, -0.2) is 10.4 Å². The molecule has 186 valence electrons. The Morgan fingerprint density at radius 1 is 1.03 bits per heavy atom. The van der Waals surface area contributed by atoms with Crippen molar-refractivity contribution in [1.82, 2.24) is 20.3 Å². The van der Waals surface area contributed by atoms with Crippen molar-refractivity contribution in [3.63, 3.8) is 0 Å². The summed E-state index contributed by atoms with van der Waals surface area (Å²) in [6.07, 6.45) is 5.52. The molecule has 8 heteroatoms. The Hall–Kier alpha value is -4.59. The minimum atomic E-state index is -0.330. The van der Waals surface area contributed by atoms with Gasteiger partial charge < -0.3 is 9.64 Å². The summed E-state index contributed by atoms with van der Waals surface area (Å²) in [7, 11) is 0. The average Bonchev–Trinajstić information content (AvgIpc) is 3.50. The van der Waals surface area contributed by atoms with Crippen molar-refractivity contribution in [2.75, 3.05) is 19.7 Å². The van der Waals surface area contributed by atoms with Gasteiger partial charge in [0.15, 0.2) is 6.61 Å². The molecule has 0 spiro atoms. The van der Waals surface area contributed by atoms with E-state index in [1.165, 1.54) is 0 Å². The number of amides is 2. The Morgan fingerprint density at radius 2 is 1.81 bits per heavy atom. The molecular formula is C29H27N5O3. The van der Waals surface area contributed by atoms with Gasteiger partial charge in [0, 0.05) is 36.4 Å². The molecule has 4 aromatic rings. The van der Waals surface area contributed by atoms with Gasteiger partial charge in [-0.05, 0) is 73.9 Å². The third kappa shape index (κ3) is 5.64. The Bertz CT molecular complexity index is 1450. The second-order valence-electron chi connectivity index (χ2n) is 8.85. The van der Waals surface area contributed by atoms with Crippen LogP contribution >= 0.6 is 0 Å². The number of rotatable bonds is 7. The van der Waals surface area contributed by atoms with E-state index in [0.717, 1.165) is 42.4 Å². The largest absolute Gasteiger partial charge is 0.484 e. The maximum atomic E-state index is 13.2. The van der Waals surface area contributed by atoms with Crippen molar-refractivity contribution >= 4 is 28.4 Å². The number of pyridine rings is 2. The first kappa shape index (κ1) is 24.1. The van der Waals surface area contributed by atoms with Crippen LogP contribution in [0.15, 0.2) is 84.2 Å². The SMILES string of the molecule is C/C(=N/NC(=O)c1cc(-c2cccnc2)nc2ccccc12)c1ccc(OCC(=O)N2CCCC2)cc1. The molecule has 1 aliphatic heterocycles. The van der Waals surface area contributed by atoms with E-state index in [2.05, 4.69) is 15.5 Å². The van der Waals surface area contributed by atoms with Crippen LogP contribution in [-0.4, -0.2) is 52.1 Å². The number of hydrazone groups is 1. The van der Waals surface area contributed by atoms with E-state index in [1.807, 2.05) is 60.4 Å². The molecular weight excluding hydrogens is 466 g/mol. The maximum Gasteiger partial charge on any atom is 0.272 e. The van der Waals surface area contributed by atoms with Gasteiger partial charge in [-0.2, -0.15) is 5.10 Å². The van der Waals surface area contributed by atoms with E-state index in [-0.39, 0.29) is 18.4 Å². The maximum absolute atomic E-state index is 13.2. The molecule has 0 bridgehead atoms. The number of hydrogen-bond acceptors (Lipinski definition) is 6. The highest BCUT2D eigenvalue weighted by Crippen LogP contribution is 2.24. The lowest BCUT2D eigenvalue weighted by atomic mass is 10.0. The third-order valence-electron chi connectivity index (χ3n) is 6.34. The molecule has 1 fully saturated rings. The predicted molar refractivity (Wildman–Crippen MR) is 142 cm³/mol. The van der Waals surface area contributed by atoms with E-state index in [4.69, 9.17) is 9.72 Å². The van der Waals surface area contributed by atoms with Crippen molar-refractivity contribution in [2.24, 2.45) is 5.10 Å². The number of carbonyl (C=O) groups excluding carboxylic acids is 2. The van der Waals surface area contributed by atoms with E-state index in [0.29, 0.717) is 28.2 Å². The molecule has 5 rings (SSSR count). The second kappa shape index (κ2) is 11.0. The van der Waals surface area contributed by atoms with Gasteiger partial charge in [-0.1, -0.05) is 18.2 Å². The zero-order valence-electron chi connectivity index (χ0n) is 20.6. The summed E-state index contributed by atoms with van der Waals surface area (Å²) in [6.45, 7) is 3.47. The van der Waals surface area contributed by atoms with Gasteiger partial charge in [0.05, 0.1) is 22.5 Å². The van der Waals surface area contributed by atoms with Crippen LogP contribution in [0.1, 0.15) is 35.7 Å². The van der Waals surface area contributed by atoms with Gasteiger partial charge in [0.1, 0.15) is 5.75 Å². The van der Waals surface area contributed by atoms with Crippen LogP contribution in [-0.2, 0) is 4.79 Å². The highest BCUT2D eigenvalue weighted by atomic mass is 16.5. The molecule has 3 heterocycles. The molecule has 37 heavy (non-hydrogen) atoms. The van der Waals surface area contributed by atoms with Gasteiger partial charge in [-0.15, -0.1) is 0 Å². The van der Waals surface area contributed by atoms with Crippen LogP contribution in [0.2, 0.25) is 0 Å². The molecule has 0 atom stereocenters. The fourth-order valence-electron chi connectivity index (χ4n) is 4.28. The minimum absolute atomic E-state index is 0.0114. The molecule has 0 aliphatic carbocycles. The lowest BCUT2D eigenvalue weighted by Gasteiger charge is -2.15. The molecule has 2 aromatic heterocycles. The van der Waals surface area contributed by atoms with Crippen LogP contribution in [0.5, 0.6) is 5.75 Å². The van der Waals surface area contributed by atoms with Gasteiger partial charge in [0.2, 0.25) is 0 Å². The van der Waals surface area contributed by atoms with Crippen molar-refractivity contribution in [3.8, 4) is 17.0 Å². The Kier molecular flexibility index (Phi) is 7.16. The number of hydrogen-bond donors (Lipinski definition) is 1. The Balaban J connectivity index is 1.28. The lowest BCUT2D eigenvalue weighted by Crippen LogP contribution is -2.32. The summed E-state index contributed by atoms with van der Waals surface area (Å²) in [5.41, 5.74) is 6.83. The van der Waals surface area contributed by atoms with E-state index in [9.17, 15) is 9.59 Å². The van der Waals surface area contributed by atoms with Gasteiger partial charge in [0.25, 0.3) is 11.8 Å². The number of benzene rings is 2. The highest BCUT2D eigenvalue weighted by molar-refractivity contribution is 6.08. The molecule has 0 unspecified atom stereocenters. The molecule has 2 amide bonds. The van der Waals surface area contributed by atoms with Gasteiger partial charge >= 0.3 is 0 Å². The summed E-state index contributed by atoms with van der Waals surface area (Å²) >= 11 is 0. The first-order valence-electron chi connectivity index (χ1n) is 12.2. The van der Waals surface area contributed by atoms with Crippen LogP contribution < -0.4 is 10.2 Å². The smallest absolute Gasteiger partial charge is 0.272 e. The molecule has 8 nitrogen and oxygen atoms in total. The first-order valence-corrected chi connectivity index (χ1v) is 12.2. The zero-order valence-corrected chi connectivity index (χ0v) is 20.6. The molecule has 1 N–H and O–H groups in total. The summed E-state index contributed by atoms with van der Waals surface area (Å²) in [5, 5.41) is 5.06. The number of likely N-dealkylation sites (tertiary alicyclic amines) is 1. The zero-order chi connectivity index (χ0) is 25.6.